The summed E-state index contributed by atoms with van der Waals surface area (Å²) in [6, 6.07) is 7.58. The van der Waals surface area contributed by atoms with E-state index < -0.39 is 0 Å². The van der Waals surface area contributed by atoms with Crippen molar-refractivity contribution in [3.05, 3.63) is 35.6 Å². The molecule has 1 rings (SSSR count). The fourth-order valence-electron chi connectivity index (χ4n) is 1.77. The highest BCUT2D eigenvalue weighted by atomic mass is 19.1. The van der Waals surface area contributed by atoms with Crippen LogP contribution in [0.5, 0.6) is 0 Å². The first kappa shape index (κ1) is 15.1. The zero-order chi connectivity index (χ0) is 13.5. The average Bonchev–Trinajstić information content (AvgIpc) is 2.34. The highest BCUT2D eigenvalue weighted by molar-refractivity contribution is 5.19. The van der Waals surface area contributed by atoms with Gasteiger partial charge < -0.3 is 10.2 Å². The summed E-state index contributed by atoms with van der Waals surface area (Å²) >= 11 is 0. The SMILES string of the molecule is CC(NCCCN(C)C(C)C)c1ccc(F)cc1. The first-order chi connectivity index (χ1) is 8.50. The van der Waals surface area contributed by atoms with Crippen molar-refractivity contribution < 1.29 is 4.39 Å². The van der Waals surface area contributed by atoms with Crippen LogP contribution in [0.2, 0.25) is 0 Å². The molecule has 1 unspecified atom stereocenters. The Kier molecular flexibility index (Phi) is 6.30. The van der Waals surface area contributed by atoms with Crippen LogP contribution in [0, 0.1) is 5.82 Å². The Labute approximate surface area is 110 Å². The molecule has 102 valence electrons. The number of benzene rings is 1. The van der Waals surface area contributed by atoms with Crippen LogP contribution < -0.4 is 5.32 Å². The Morgan fingerprint density at radius 3 is 2.33 bits per heavy atom. The normalized spacial score (nSPS) is 13.3. The van der Waals surface area contributed by atoms with Crippen molar-refractivity contribution in [2.45, 2.75) is 39.3 Å². The summed E-state index contributed by atoms with van der Waals surface area (Å²) in [4.78, 5) is 2.34. The van der Waals surface area contributed by atoms with Gasteiger partial charge in [0, 0.05) is 12.1 Å². The molecule has 2 nitrogen and oxygen atoms in total. The molecule has 0 fully saturated rings. The monoisotopic (exact) mass is 252 g/mol. The van der Waals surface area contributed by atoms with Crippen molar-refractivity contribution in [3.63, 3.8) is 0 Å². The molecule has 1 aromatic rings. The van der Waals surface area contributed by atoms with Gasteiger partial charge in [0.25, 0.3) is 0 Å². The Balaban J connectivity index is 2.25. The molecule has 1 aromatic carbocycles. The molecule has 3 heteroatoms. The van der Waals surface area contributed by atoms with Gasteiger partial charge in [0.1, 0.15) is 5.82 Å². The van der Waals surface area contributed by atoms with Gasteiger partial charge in [-0.2, -0.15) is 0 Å². The summed E-state index contributed by atoms with van der Waals surface area (Å²) in [5, 5.41) is 3.46. The van der Waals surface area contributed by atoms with Crippen molar-refractivity contribution in [3.8, 4) is 0 Å². The van der Waals surface area contributed by atoms with E-state index in [1.165, 1.54) is 12.1 Å². The number of hydrogen-bond acceptors (Lipinski definition) is 2. The topological polar surface area (TPSA) is 15.3 Å². The first-order valence-corrected chi connectivity index (χ1v) is 6.69. The van der Waals surface area contributed by atoms with Gasteiger partial charge in [-0.05, 0) is 65.0 Å². The van der Waals surface area contributed by atoms with E-state index in [1.807, 2.05) is 12.1 Å². The summed E-state index contributed by atoms with van der Waals surface area (Å²) in [7, 11) is 2.15. The molecule has 0 heterocycles. The molecule has 0 aromatic heterocycles. The molecule has 0 aliphatic carbocycles. The van der Waals surface area contributed by atoms with E-state index in [-0.39, 0.29) is 11.9 Å². The predicted octanol–water partition coefficient (Wildman–Crippen LogP) is 3.21. The van der Waals surface area contributed by atoms with Gasteiger partial charge >= 0.3 is 0 Å². The number of rotatable bonds is 7. The Bertz CT molecular complexity index is 335. The third kappa shape index (κ3) is 5.15. The van der Waals surface area contributed by atoms with Crippen LogP contribution >= 0.6 is 0 Å². The van der Waals surface area contributed by atoms with Crippen LogP contribution in [0.25, 0.3) is 0 Å². The average molecular weight is 252 g/mol. The molecule has 1 N–H and O–H groups in total. The van der Waals surface area contributed by atoms with Crippen molar-refractivity contribution in [2.24, 2.45) is 0 Å². The summed E-state index contributed by atoms with van der Waals surface area (Å²) in [5.41, 5.74) is 1.13. The van der Waals surface area contributed by atoms with E-state index in [0.29, 0.717) is 6.04 Å². The molecule has 0 aliphatic heterocycles. The summed E-state index contributed by atoms with van der Waals surface area (Å²) in [5.74, 6) is -0.176. The van der Waals surface area contributed by atoms with E-state index in [4.69, 9.17) is 0 Å². The number of hydrogen-bond donors (Lipinski definition) is 1. The Hall–Kier alpha value is -0.930. The quantitative estimate of drug-likeness (QED) is 0.750. The van der Waals surface area contributed by atoms with Crippen molar-refractivity contribution in [1.82, 2.24) is 10.2 Å². The predicted molar refractivity (Wildman–Crippen MR) is 75.2 cm³/mol. The molecule has 1 atom stereocenters. The molecule has 0 aliphatic rings. The van der Waals surface area contributed by atoms with Gasteiger partial charge in [-0.1, -0.05) is 12.1 Å². The first-order valence-electron chi connectivity index (χ1n) is 6.69. The summed E-state index contributed by atoms with van der Waals surface area (Å²) < 4.78 is 12.8. The summed E-state index contributed by atoms with van der Waals surface area (Å²) in [6.07, 6.45) is 1.13. The van der Waals surface area contributed by atoms with Crippen molar-refractivity contribution >= 4 is 0 Å². The van der Waals surface area contributed by atoms with Crippen LogP contribution in [-0.2, 0) is 0 Å². The van der Waals surface area contributed by atoms with Crippen molar-refractivity contribution in [2.75, 3.05) is 20.1 Å². The van der Waals surface area contributed by atoms with Gasteiger partial charge in [0.15, 0.2) is 0 Å². The molecule has 0 bridgehead atoms. The van der Waals surface area contributed by atoms with Gasteiger partial charge in [0.05, 0.1) is 0 Å². The van der Waals surface area contributed by atoms with Crippen LogP contribution in [0.3, 0.4) is 0 Å². The minimum Gasteiger partial charge on any atom is -0.310 e. The fourth-order valence-corrected chi connectivity index (χ4v) is 1.77. The largest absolute Gasteiger partial charge is 0.310 e. The second kappa shape index (κ2) is 7.49. The number of nitrogens with one attached hydrogen (secondary N) is 1. The van der Waals surface area contributed by atoms with Gasteiger partial charge in [0.2, 0.25) is 0 Å². The Morgan fingerprint density at radius 1 is 1.17 bits per heavy atom. The lowest BCUT2D eigenvalue weighted by Crippen LogP contribution is -2.30. The second-order valence-electron chi connectivity index (χ2n) is 5.16. The molecular formula is C15H25FN2. The van der Waals surface area contributed by atoms with E-state index in [0.717, 1.165) is 25.1 Å². The van der Waals surface area contributed by atoms with Crippen LogP contribution in [0.1, 0.15) is 38.8 Å². The third-order valence-electron chi connectivity index (χ3n) is 3.39. The molecule has 0 saturated carbocycles. The number of halogens is 1. The van der Waals surface area contributed by atoms with Crippen molar-refractivity contribution in [1.29, 1.82) is 0 Å². The molecule has 0 radical (unpaired) electrons. The maximum Gasteiger partial charge on any atom is 0.123 e. The molecule has 0 amide bonds. The van der Waals surface area contributed by atoms with E-state index >= 15 is 0 Å². The minimum atomic E-state index is -0.176. The molecule has 0 saturated heterocycles. The fraction of sp³-hybridized carbons (Fsp3) is 0.600. The van der Waals surface area contributed by atoms with Crippen LogP contribution in [-0.4, -0.2) is 31.1 Å². The van der Waals surface area contributed by atoms with Gasteiger partial charge in [-0.15, -0.1) is 0 Å². The van der Waals surface area contributed by atoms with Crippen LogP contribution in [0.4, 0.5) is 4.39 Å². The maximum absolute atomic E-state index is 12.8. The summed E-state index contributed by atoms with van der Waals surface area (Å²) in [6.45, 7) is 8.60. The second-order valence-corrected chi connectivity index (χ2v) is 5.16. The van der Waals surface area contributed by atoms with Crippen LogP contribution in [0.15, 0.2) is 24.3 Å². The van der Waals surface area contributed by atoms with Gasteiger partial charge in [-0.3, -0.25) is 0 Å². The lowest BCUT2D eigenvalue weighted by atomic mass is 10.1. The zero-order valence-electron chi connectivity index (χ0n) is 11.9. The van der Waals surface area contributed by atoms with Gasteiger partial charge in [-0.25, -0.2) is 4.39 Å². The lowest BCUT2D eigenvalue weighted by Gasteiger charge is -2.21. The zero-order valence-corrected chi connectivity index (χ0v) is 11.9. The van der Waals surface area contributed by atoms with E-state index in [2.05, 4.69) is 38.0 Å². The maximum atomic E-state index is 12.8. The molecule has 0 spiro atoms. The highest BCUT2D eigenvalue weighted by Crippen LogP contribution is 2.12. The molecule has 18 heavy (non-hydrogen) atoms. The smallest absolute Gasteiger partial charge is 0.123 e. The highest BCUT2D eigenvalue weighted by Gasteiger charge is 2.05. The standard InChI is InChI=1S/C15H25FN2/c1-12(2)18(4)11-5-10-17-13(3)14-6-8-15(16)9-7-14/h6-9,12-13,17H,5,10-11H2,1-4H3. The lowest BCUT2D eigenvalue weighted by molar-refractivity contribution is 0.268. The minimum absolute atomic E-state index is 0.176. The third-order valence-corrected chi connectivity index (χ3v) is 3.39. The molecular weight excluding hydrogens is 227 g/mol. The number of nitrogens with zero attached hydrogens (tertiary/aromatic N) is 1. The Morgan fingerprint density at radius 2 is 1.78 bits per heavy atom. The van der Waals surface area contributed by atoms with E-state index in [9.17, 15) is 4.39 Å². The van der Waals surface area contributed by atoms with E-state index in [1.54, 1.807) is 0 Å².